The Morgan fingerprint density at radius 3 is 1.82 bits per heavy atom. The van der Waals surface area contributed by atoms with Crippen LogP contribution in [0.1, 0.15) is 25.0 Å². The zero-order valence-corrected chi connectivity index (χ0v) is 28.2. The highest BCUT2D eigenvalue weighted by molar-refractivity contribution is 6.20. The van der Waals surface area contributed by atoms with Gasteiger partial charge in [0.25, 0.3) is 0 Å². The van der Waals surface area contributed by atoms with Crippen LogP contribution in [0.2, 0.25) is 0 Å². The molecule has 1 heteroatoms. The fourth-order valence-corrected chi connectivity index (χ4v) is 8.58. The van der Waals surface area contributed by atoms with Crippen LogP contribution in [0.15, 0.2) is 176 Å². The second-order valence-electron chi connectivity index (χ2n) is 14.1. The first-order valence-electron chi connectivity index (χ1n) is 17.5. The van der Waals surface area contributed by atoms with E-state index in [0.717, 1.165) is 11.4 Å². The Balaban J connectivity index is 1.20. The van der Waals surface area contributed by atoms with Crippen molar-refractivity contribution in [1.82, 2.24) is 0 Å². The van der Waals surface area contributed by atoms with Gasteiger partial charge < -0.3 is 4.90 Å². The van der Waals surface area contributed by atoms with Crippen molar-refractivity contribution in [2.45, 2.75) is 19.3 Å². The molecule has 0 fully saturated rings. The summed E-state index contributed by atoms with van der Waals surface area (Å²) in [6.45, 7) is 4.71. The van der Waals surface area contributed by atoms with E-state index in [2.05, 4.69) is 195 Å². The molecule has 1 nitrogen and oxygen atoms in total. The minimum absolute atomic E-state index is 0.0881. The van der Waals surface area contributed by atoms with E-state index in [1.807, 2.05) is 0 Å². The molecule has 0 spiro atoms. The molecule has 0 atom stereocenters. The van der Waals surface area contributed by atoms with Crippen LogP contribution in [0.5, 0.6) is 0 Å². The molecule has 0 saturated carbocycles. The van der Waals surface area contributed by atoms with Gasteiger partial charge in [0.15, 0.2) is 0 Å². The van der Waals surface area contributed by atoms with Crippen molar-refractivity contribution in [2.75, 3.05) is 4.90 Å². The van der Waals surface area contributed by atoms with E-state index in [0.29, 0.717) is 0 Å². The monoisotopic (exact) mass is 637 g/mol. The molecule has 0 heterocycles. The van der Waals surface area contributed by atoms with Crippen molar-refractivity contribution in [3.63, 3.8) is 0 Å². The molecule has 50 heavy (non-hydrogen) atoms. The molecule has 0 radical (unpaired) electrons. The highest BCUT2D eigenvalue weighted by Crippen LogP contribution is 2.54. The van der Waals surface area contributed by atoms with Crippen molar-refractivity contribution in [1.29, 1.82) is 0 Å². The number of nitrogens with zero attached hydrogens (tertiary/aromatic N) is 1. The quantitative estimate of drug-likeness (QED) is 0.174. The Morgan fingerprint density at radius 1 is 0.400 bits per heavy atom. The Labute approximate surface area is 292 Å². The zero-order chi connectivity index (χ0) is 33.4. The highest BCUT2D eigenvalue weighted by Gasteiger charge is 2.37. The number of benzene rings is 9. The zero-order valence-electron chi connectivity index (χ0n) is 28.2. The lowest BCUT2D eigenvalue weighted by Crippen LogP contribution is -2.16. The maximum atomic E-state index is 2.47. The van der Waals surface area contributed by atoms with E-state index >= 15 is 0 Å². The van der Waals surface area contributed by atoms with E-state index in [1.54, 1.807) is 0 Å². The molecule has 0 saturated heterocycles. The topological polar surface area (TPSA) is 3.24 Å². The lowest BCUT2D eigenvalue weighted by Gasteiger charge is -2.29. The summed E-state index contributed by atoms with van der Waals surface area (Å²) in [4.78, 5) is 2.47. The molecule has 0 unspecified atom stereocenters. The normalized spacial score (nSPS) is 13.2. The fourth-order valence-electron chi connectivity index (χ4n) is 8.58. The third-order valence-electron chi connectivity index (χ3n) is 11.0. The van der Waals surface area contributed by atoms with Crippen LogP contribution in [-0.2, 0) is 5.41 Å². The van der Waals surface area contributed by atoms with Gasteiger partial charge in [-0.05, 0) is 101 Å². The number of rotatable bonds is 4. The summed E-state index contributed by atoms with van der Waals surface area (Å²) in [6, 6.07) is 65.0. The number of hydrogen-bond donors (Lipinski definition) is 0. The standard InChI is InChI=1S/C49H35N/c1-49(2)44-18-8-7-16-43(44)48-45(49)19-10-20-46(48)50(37-27-25-34(26-28-37)40-17-9-13-32-11-3-5-14-39(32)40)38-29-30-42-36(31-38)24-23-35-22-21-33-12-4-6-15-41(33)47(35)42/h3-31H,1-2H3. The van der Waals surface area contributed by atoms with Gasteiger partial charge in [-0.15, -0.1) is 0 Å². The summed E-state index contributed by atoms with van der Waals surface area (Å²) in [5.41, 5.74) is 11.2. The third kappa shape index (κ3) is 4.27. The summed E-state index contributed by atoms with van der Waals surface area (Å²) in [7, 11) is 0. The SMILES string of the molecule is CC1(C)c2ccccc2-c2c(N(c3ccc(-c4cccc5ccccc45)cc3)c3ccc4c(ccc5ccc6ccccc6c54)c3)cccc21. The highest BCUT2D eigenvalue weighted by atomic mass is 15.1. The third-order valence-corrected chi connectivity index (χ3v) is 11.0. The van der Waals surface area contributed by atoms with Gasteiger partial charge in [-0.25, -0.2) is 0 Å². The van der Waals surface area contributed by atoms with Gasteiger partial charge in [-0.1, -0.05) is 159 Å². The first kappa shape index (κ1) is 28.8. The molecule has 9 aromatic rings. The Bertz CT molecular complexity index is 2780. The first-order valence-corrected chi connectivity index (χ1v) is 17.5. The van der Waals surface area contributed by atoms with Gasteiger partial charge in [0, 0.05) is 22.4 Å². The van der Waals surface area contributed by atoms with Gasteiger partial charge in [0.2, 0.25) is 0 Å². The van der Waals surface area contributed by atoms with Crippen molar-refractivity contribution < 1.29 is 0 Å². The molecule has 1 aliphatic carbocycles. The second kappa shape index (κ2) is 10.9. The Morgan fingerprint density at radius 2 is 0.980 bits per heavy atom. The van der Waals surface area contributed by atoms with Crippen LogP contribution >= 0.6 is 0 Å². The second-order valence-corrected chi connectivity index (χ2v) is 14.1. The van der Waals surface area contributed by atoms with Gasteiger partial charge in [0.1, 0.15) is 0 Å². The maximum Gasteiger partial charge on any atom is 0.0543 e. The molecule has 0 N–H and O–H groups in total. The molecule has 0 aromatic heterocycles. The maximum absolute atomic E-state index is 2.47. The van der Waals surface area contributed by atoms with Gasteiger partial charge >= 0.3 is 0 Å². The van der Waals surface area contributed by atoms with E-state index in [9.17, 15) is 0 Å². The molecule has 0 bridgehead atoms. The molecule has 236 valence electrons. The lowest BCUT2D eigenvalue weighted by molar-refractivity contribution is 0.660. The largest absolute Gasteiger partial charge is 0.310 e. The fraction of sp³-hybridized carbons (Fsp3) is 0.0612. The summed E-state index contributed by atoms with van der Waals surface area (Å²) in [6.07, 6.45) is 0. The predicted octanol–water partition coefficient (Wildman–Crippen LogP) is 13.7. The number of anilines is 3. The minimum atomic E-state index is -0.0881. The predicted molar refractivity (Wildman–Crippen MR) is 214 cm³/mol. The van der Waals surface area contributed by atoms with Gasteiger partial charge in [-0.3, -0.25) is 0 Å². The van der Waals surface area contributed by atoms with Gasteiger partial charge in [-0.2, -0.15) is 0 Å². The van der Waals surface area contributed by atoms with Crippen molar-refractivity contribution in [3.8, 4) is 22.3 Å². The summed E-state index contributed by atoms with van der Waals surface area (Å²) in [5.74, 6) is 0. The lowest BCUT2D eigenvalue weighted by atomic mass is 9.82. The van der Waals surface area contributed by atoms with E-state index in [1.165, 1.54) is 82.2 Å². The van der Waals surface area contributed by atoms with Crippen molar-refractivity contribution in [3.05, 3.63) is 187 Å². The molecular weight excluding hydrogens is 603 g/mol. The smallest absolute Gasteiger partial charge is 0.0543 e. The number of hydrogen-bond acceptors (Lipinski definition) is 1. The Kier molecular flexibility index (Phi) is 6.29. The molecule has 10 rings (SSSR count). The van der Waals surface area contributed by atoms with Crippen molar-refractivity contribution >= 4 is 60.2 Å². The van der Waals surface area contributed by atoms with Crippen molar-refractivity contribution in [2.24, 2.45) is 0 Å². The summed E-state index contributed by atoms with van der Waals surface area (Å²) in [5, 5.41) is 10.2. The minimum Gasteiger partial charge on any atom is -0.310 e. The van der Waals surface area contributed by atoms with E-state index in [-0.39, 0.29) is 5.41 Å². The Hall–Kier alpha value is -6.18. The first-order chi connectivity index (χ1) is 24.6. The molecule has 1 aliphatic rings. The van der Waals surface area contributed by atoms with E-state index in [4.69, 9.17) is 0 Å². The van der Waals surface area contributed by atoms with Crippen LogP contribution in [0, 0.1) is 0 Å². The average Bonchev–Trinajstić information content (AvgIpc) is 3.41. The van der Waals surface area contributed by atoms with Crippen LogP contribution in [0.4, 0.5) is 17.1 Å². The van der Waals surface area contributed by atoms with Gasteiger partial charge in [0.05, 0.1) is 5.69 Å². The number of fused-ring (bicyclic) bond motifs is 9. The average molecular weight is 638 g/mol. The molecule has 0 amide bonds. The van der Waals surface area contributed by atoms with E-state index < -0.39 is 0 Å². The summed E-state index contributed by atoms with van der Waals surface area (Å²) >= 11 is 0. The van der Waals surface area contributed by atoms with Crippen LogP contribution in [0.3, 0.4) is 0 Å². The molecule has 9 aromatic carbocycles. The molecular formula is C49H35N. The van der Waals surface area contributed by atoms with Crippen LogP contribution in [0.25, 0.3) is 65.3 Å². The summed E-state index contributed by atoms with van der Waals surface area (Å²) < 4.78 is 0. The van der Waals surface area contributed by atoms with Crippen LogP contribution in [-0.4, -0.2) is 0 Å². The van der Waals surface area contributed by atoms with Crippen LogP contribution < -0.4 is 4.90 Å². The molecule has 0 aliphatic heterocycles.